The van der Waals surface area contributed by atoms with E-state index in [2.05, 4.69) is 24.1 Å². The number of piperidine rings is 1. The molecule has 214 valence electrons. The third kappa shape index (κ3) is 5.53. The van der Waals surface area contributed by atoms with Gasteiger partial charge >= 0.3 is 0 Å². The molecule has 5 rings (SSSR count). The molecule has 0 bridgehead atoms. The van der Waals surface area contributed by atoms with E-state index in [0.717, 1.165) is 43.1 Å². The second-order valence-corrected chi connectivity index (χ2v) is 15.5. The van der Waals surface area contributed by atoms with Crippen LogP contribution in [-0.4, -0.2) is 78.6 Å². The van der Waals surface area contributed by atoms with Crippen LogP contribution in [0.1, 0.15) is 91.4 Å². The first-order valence-electron chi connectivity index (χ1n) is 15.5. The number of rotatable bonds is 5. The highest BCUT2D eigenvalue weighted by atomic mass is 32.2. The highest BCUT2D eigenvalue weighted by Crippen LogP contribution is 2.50. The van der Waals surface area contributed by atoms with Crippen LogP contribution in [0.5, 0.6) is 0 Å². The van der Waals surface area contributed by atoms with Crippen molar-refractivity contribution in [2.75, 3.05) is 26.2 Å². The van der Waals surface area contributed by atoms with Crippen molar-refractivity contribution in [3.05, 3.63) is 0 Å². The van der Waals surface area contributed by atoms with E-state index in [1.165, 1.54) is 44.9 Å². The van der Waals surface area contributed by atoms with E-state index in [4.69, 9.17) is 0 Å². The first-order valence-corrected chi connectivity index (χ1v) is 17.0. The summed E-state index contributed by atoms with van der Waals surface area (Å²) in [6.45, 7) is 8.95. The molecule has 5 aliphatic rings. The number of hydrogen-bond acceptors (Lipinski definition) is 5. The second-order valence-electron chi connectivity index (χ2n) is 13.4. The summed E-state index contributed by atoms with van der Waals surface area (Å²) in [4.78, 5) is 2.42. The third-order valence-electron chi connectivity index (χ3n) is 11.6. The number of fused-ring (bicyclic) bond motifs is 1. The van der Waals surface area contributed by atoms with E-state index in [1.54, 1.807) is 4.31 Å². The van der Waals surface area contributed by atoms with Crippen LogP contribution in [-0.2, 0) is 10.0 Å². The van der Waals surface area contributed by atoms with Gasteiger partial charge in [-0.3, -0.25) is 10.2 Å². The zero-order valence-electron chi connectivity index (χ0n) is 23.4. The van der Waals surface area contributed by atoms with Gasteiger partial charge in [-0.05, 0) is 107 Å². The Bertz CT molecular complexity index is 866. The molecule has 0 aromatic carbocycles. The molecular formula is C29H52FN3O3S. The first-order chi connectivity index (χ1) is 17.7. The van der Waals surface area contributed by atoms with Crippen molar-refractivity contribution in [3.63, 3.8) is 0 Å². The Labute approximate surface area is 225 Å². The lowest BCUT2D eigenvalue weighted by molar-refractivity contribution is -0.123. The summed E-state index contributed by atoms with van der Waals surface area (Å²) in [5.74, 6) is 4.34. The first kappa shape index (κ1) is 28.3. The number of sulfonamides is 1. The fourth-order valence-corrected chi connectivity index (χ4v) is 11.4. The predicted octanol–water partition coefficient (Wildman–Crippen LogP) is 4.39. The summed E-state index contributed by atoms with van der Waals surface area (Å²) in [5.41, 5.74) is 0. The van der Waals surface area contributed by atoms with Gasteiger partial charge in [-0.1, -0.05) is 26.7 Å². The van der Waals surface area contributed by atoms with Crippen molar-refractivity contribution >= 4 is 10.0 Å². The Morgan fingerprint density at radius 1 is 0.892 bits per heavy atom. The van der Waals surface area contributed by atoms with E-state index >= 15 is 0 Å². The van der Waals surface area contributed by atoms with Gasteiger partial charge in [-0.2, -0.15) is 0 Å². The molecule has 37 heavy (non-hydrogen) atoms. The standard InChI is InChI=1S/C29H52FN3O3S/c1-19-7-6-8-24(20(19)2)22-9-11-23(12-10-22)29-25-17-32(15-4-5-16-33(25)26(29)18-34)37(35,36)27-13-14-28(30)31-21(27)3/h19-29,31,34H,4-18H2,1-3H3/t19?,20?,21?,22?,23?,24?,25?,26-,27?,28?,29+/m1/s1. The zero-order valence-corrected chi connectivity index (χ0v) is 24.2. The average molecular weight is 542 g/mol. The molecule has 8 heteroatoms. The van der Waals surface area contributed by atoms with Crippen molar-refractivity contribution in [1.29, 1.82) is 0 Å². The van der Waals surface area contributed by atoms with Crippen molar-refractivity contribution in [2.45, 2.75) is 121 Å². The summed E-state index contributed by atoms with van der Waals surface area (Å²) >= 11 is 0. The molecule has 2 saturated carbocycles. The highest BCUT2D eigenvalue weighted by molar-refractivity contribution is 7.89. The number of aliphatic hydroxyl groups is 1. The number of alkyl halides is 1. The SMILES string of the molecule is CC1CCCC(C2CCC([C@H]3C4CN(S(=O)(=O)C5CCC(F)NC5C)CCCCN4[C@@H]3CO)CC2)C1C. The molecule has 7 unspecified atom stereocenters. The van der Waals surface area contributed by atoms with Gasteiger partial charge in [0.15, 0.2) is 6.30 Å². The van der Waals surface area contributed by atoms with Crippen LogP contribution >= 0.6 is 0 Å². The minimum absolute atomic E-state index is 0.172. The van der Waals surface area contributed by atoms with Gasteiger partial charge in [-0.25, -0.2) is 17.1 Å². The van der Waals surface area contributed by atoms with Crippen molar-refractivity contribution in [3.8, 4) is 0 Å². The number of halogens is 1. The quantitative estimate of drug-likeness (QED) is 0.505. The second kappa shape index (κ2) is 11.7. The lowest BCUT2D eigenvalue weighted by atomic mass is 9.60. The number of aliphatic hydroxyl groups excluding tert-OH is 1. The largest absolute Gasteiger partial charge is 0.395 e. The molecule has 6 nitrogen and oxygen atoms in total. The van der Waals surface area contributed by atoms with Crippen LogP contribution in [0.4, 0.5) is 4.39 Å². The van der Waals surface area contributed by atoms with Gasteiger partial charge in [0, 0.05) is 31.2 Å². The number of nitrogens with zero attached hydrogens (tertiary/aromatic N) is 2. The maximum absolute atomic E-state index is 13.9. The molecule has 0 radical (unpaired) electrons. The highest BCUT2D eigenvalue weighted by Gasteiger charge is 2.54. The summed E-state index contributed by atoms with van der Waals surface area (Å²) in [7, 11) is -3.52. The number of hydrogen-bond donors (Lipinski definition) is 2. The van der Waals surface area contributed by atoms with Crippen LogP contribution in [0.2, 0.25) is 0 Å². The van der Waals surface area contributed by atoms with Crippen LogP contribution in [0.3, 0.4) is 0 Å². The summed E-state index contributed by atoms with van der Waals surface area (Å²) in [6, 6.07) is -0.00794. The van der Waals surface area contributed by atoms with E-state index in [-0.39, 0.29) is 31.2 Å². The Hall–Kier alpha value is -0.280. The van der Waals surface area contributed by atoms with Crippen molar-refractivity contribution in [2.24, 2.45) is 35.5 Å². The molecule has 9 atom stereocenters. The van der Waals surface area contributed by atoms with Gasteiger partial charge in [-0.15, -0.1) is 0 Å². The Morgan fingerprint density at radius 3 is 2.30 bits per heavy atom. The zero-order chi connectivity index (χ0) is 26.3. The third-order valence-corrected chi connectivity index (χ3v) is 14.0. The average Bonchev–Trinajstić information content (AvgIpc) is 2.85. The van der Waals surface area contributed by atoms with Crippen molar-refractivity contribution < 1.29 is 17.9 Å². The molecule has 2 aliphatic carbocycles. The molecule has 3 aliphatic heterocycles. The van der Waals surface area contributed by atoms with E-state index in [1.807, 2.05) is 6.92 Å². The molecule has 0 aromatic heterocycles. The van der Waals surface area contributed by atoms with E-state index < -0.39 is 21.6 Å². The Kier molecular flexibility index (Phi) is 8.92. The molecule has 0 spiro atoms. The molecule has 2 N–H and O–H groups in total. The van der Waals surface area contributed by atoms with Gasteiger partial charge in [0.25, 0.3) is 0 Å². The summed E-state index contributed by atoms with van der Waals surface area (Å²) in [6.07, 6.45) is 10.5. The topological polar surface area (TPSA) is 72.9 Å². The molecule has 0 amide bonds. The minimum Gasteiger partial charge on any atom is -0.395 e. The van der Waals surface area contributed by atoms with Crippen LogP contribution < -0.4 is 5.32 Å². The monoisotopic (exact) mass is 541 g/mol. The molecule has 5 fully saturated rings. The van der Waals surface area contributed by atoms with Gasteiger partial charge < -0.3 is 5.11 Å². The molecule has 3 saturated heterocycles. The van der Waals surface area contributed by atoms with Crippen LogP contribution in [0.15, 0.2) is 0 Å². The predicted molar refractivity (Wildman–Crippen MR) is 146 cm³/mol. The van der Waals surface area contributed by atoms with Gasteiger partial charge in [0.1, 0.15) is 0 Å². The van der Waals surface area contributed by atoms with Gasteiger partial charge in [0.05, 0.1) is 11.9 Å². The maximum atomic E-state index is 13.9. The summed E-state index contributed by atoms with van der Waals surface area (Å²) in [5, 5.41) is 12.7. The Morgan fingerprint density at radius 2 is 1.59 bits per heavy atom. The normalized spacial score (nSPS) is 46.9. The Balaban J connectivity index is 1.27. The fourth-order valence-electron chi connectivity index (χ4n) is 9.25. The van der Waals surface area contributed by atoms with Crippen LogP contribution in [0.25, 0.3) is 0 Å². The smallest absolute Gasteiger partial charge is 0.218 e. The van der Waals surface area contributed by atoms with Crippen molar-refractivity contribution in [1.82, 2.24) is 14.5 Å². The molecule has 3 heterocycles. The summed E-state index contributed by atoms with van der Waals surface area (Å²) < 4.78 is 43.2. The molecular weight excluding hydrogens is 489 g/mol. The van der Waals surface area contributed by atoms with Crippen LogP contribution in [0, 0.1) is 35.5 Å². The lowest BCUT2D eigenvalue weighted by Crippen LogP contribution is -2.71. The lowest BCUT2D eigenvalue weighted by Gasteiger charge is -2.60. The number of nitrogens with one attached hydrogen (secondary N) is 1. The molecule has 0 aromatic rings. The fraction of sp³-hybridized carbons (Fsp3) is 1.00. The van der Waals surface area contributed by atoms with E-state index in [0.29, 0.717) is 31.3 Å². The maximum Gasteiger partial charge on any atom is 0.218 e. The minimum atomic E-state index is -3.52. The van der Waals surface area contributed by atoms with E-state index in [9.17, 15) is 17.9 Å². The van der Waals surface area contributed by atoms with Gasteiger partial charge in [0.2, 0.25) is 10.0 Å².